The van der Waals surface area contributed by atoms with Gasteiger partial charge in [0.25, 0.3) is 5.91 Å². The summed E-state index contributed by atoms with van der Waals surface area (Å²) < 4.78 is 6.14. The van der Waals surface area contributed by atoms with Crippen molar-refractivity contribution in [3.05, 3.63) is 94.1 Å². The van der Waals surface area contributed by atoms with Crippen molar-refractivity contribution in [3.63, 3.8) is 0 Å². The number of hydrogen-bond donors (Lipinski definition) is 1. The van der Waals surface area contributed by atoms with Crippen LogP contribution in [-0.4, -0.2) is 21.8 Å². The fourth-order valence-corrected chi connectivity index (χ4v) is 4.87. The van der Waals surface area contributed by atoms with Crippen LogP contribution >= 0.6 is 22.9 Å². The Morgan fingerprint density at radius 2 is 1.97 bits per heavy atom. The van der Waals surface area contributed by atoms with Gasteiger partial charge in [-0.25, -0.2) is 4.98 Å². The monoisotopic (exact) mass is 450 g/mol. The van der Waals surface area contributed by atoms with E-state index >= 15 is 0 Å². The molecule has 5 rings (SSSR count). The molecule has 0 spiro atoms. The van der Waals surface area contributed by atoms with Crippen LogP contribution < -0.4 is 4.90 Å². The number of fused-ring (bicyclic) bond motifs is 1. The normalized spacial score (nSPS) is 16.5. The molecular formula is C23H15ClN2O4S. The van der Waals surface area contributed by atoms with E-state index in [0.717, 1.165) is 15.8 Å². The van der Waals surface area contributed by atoms with E-state index in [1.807, 2.05) is 25.1 Å². The van der Waals surface area contributed by atoms with Crippen LogP contribution in [0, 0.1) is 6.92 Å². The van der Waals surface area contributed by atoms with Crippen molar-refractivity contribution in [2.75, 3.05) is 4.90 Å². The lowest BCUT2D eigenvalue weighted by molar-refractivity contribution is -0.117. The van der Waals surface area contributed by atoms with Crippen LogP contribution in [0.1, 0.15) is 27.7 Å². The SMILES string of the molecule is Cc1ccc2nc(N3C(=O)C(O)=C(C(=O)c4ccco4)C3c3ccc(Cl)cc3)sc2c1. The molecule has 1 aliphatic rings. The second-order valence-electron chi connectivity index (χ2n) is 7.17. The van der Waals surface area contributed by atoms with Gasteiger partial charge in [-0.2, -0.15) is 0 Å². The smallest absolute Gasteiger partial charge is 0.296 e. The van der Waals surface area contributed by atoms with Gasteiger partial charge in [-0.15, -0.1) is 0 Å². The number of aliphatic hydroxyl groups excluding tert-OH is 1. The molecule has 0 fully saturated rings. The van der Waals surface area contributed by atoms with Crippen molar-refractivity contribution in [1.29, 1.82) is 0 Å². The number of ketones is 1. The number of amides is 1. The van der Waals surface area contributed by atoms with Crippen molar-refractivity contribution in [2.24, 2.45) is 0 Å². The molecule has 0 aliphatic carbocycles. The average Bonchev–Trinajstić information content (AvgIpc) is 3.47. The Bertz CT molecular complexity index is 1360. The Hall–Kier alpha value is -3.42. The number of aliphatic hydroxyl groups is 1. The number of nitrogens with zero attached hydrogens (tertiary/aromatic N) is 2. The third kappa shape index (κ3) is 3.22. The van der Waals surface area contributed by atoms with Crippen molar-refractivity contribution < 1.29 is 19.1 Å². The molecule has 1 amide bonds. The van der Waals surface area contributed by atoms with Crippen molar-refractivity contribution in [2.45, 2.75) is 13.0 Å². The van der Waals surface area contributed by atoms with Crippen molar-refractivity contribution in [1.82, 2.24) is 4.98 Å². The maximum absolute atomic E-state index is 13.2. The number of furan rings is 1. The van der Waals surface area contributed by atoms with Crippen LogP contribution in [0.3, 0.4) is 0 Å². The summed E-state index contributed by atoms with van der Waals surface area (Å²) in [6, 6.07) is 14.8. The summed E-state index contributed by atoms with van der Waals surface area (Å²) in [5.74, 6) is -1.83. The molecule has 8 heteroatoms. The zero-order chi connectivity index (χ0) is 21.7. The molecule has 1 atom stereocenters. The highest BCUT2D eigenvalue weighted by molar-refractivity contribution is 7.22. The van der Waals surface area contributed by atoms with Gasteiger partial charge in [0.2, 0.25) is 5.78 Å². The second kappa shape index (κ2) is 7.37. The lowest BCUT2D eigenvalue weighted by Crippen LogP contribution is -2.30. The van der Waals surface area contributed by atoms with E-state index in [-0.39, 0.29) is 11.3 Å². The van der Waals surface area contributed by atoms with Gasteiger partial charge in [-0.1, -0.05) is 41.1 Å². The molecule has 1 aliphatic heterocycles. The van der Waals surface area contributed by atoms with E-state index in [2.05, 4.69) is 4.98 Å². The van der Waals surface area contributed by atoms with E-state index < -0.39 is 23.5 Å². The molecule has 31 heavy (non-hydrogen) atoms. The number of carbonyl (C=O) groups is 2. The van der Waals surface area contributed by atoms with Crippen LogP contribution in [0.25, 0.3) is 10.2 Å². The minimum Gasteiger partial charge on any atom is -0.503 e. The number of aromatic nitrogens is 1. The number of anilines is 1. The Morgan fingerprint density at radius 3 is 2.68 bits per heavy atom. The van der Waals surface area contributed by atoms with Crippen molar-refractivity contribution in [3.8, 4) is 0 Å². The zero-order valence-electron chi connectivity index (χ0n) is 16.2. The van der Waals surface area contributed by atoms with Crippen molar-refractivity contribution >= 4 is 50.0 Å². The number of hydrogen-bond acceptors (Lipinski definition) is 6. The summed E-state index contributed by atoms with van der Waals surface area (Å²) in [6.45, 7) is 1.98. The predicted octanol–water partition coefficient (Wildman–Crippen LogP) is 5.63. The third-order valence-corrected chi connectivity index (χ3v) is 6.39. The number of benzene rings is 2. The number of Topliss-reactive ketones (excluding diaryl/α,β-unsaturated/α-hetero) is 1. The summed E-state index contributed by atoms with van der Waals surface area (Å²) in [5.41, 5.74) is 2.36. The number of rotatable bonds is 4. The highest BCUT2D eigenvalue weighted by atomic mass is 35.5. The molecule has 0 bridgehead atoms. The molecule has 3 heterocycles. The second-order valence-corrected chi connectivity index (χ2v) is 8.61. The lowest BCUT2D eigenvalue weighted by Gasteiger charge is -2.24. The van der Waals surface area contributed by atoms with Gasteiger partial charge in [0, 0.05) is 5.02 Å². The van der Waals surface area contributed by atoms with Crippen LogP contribution in [-0.2, 0) is 4.79 Å². The molecule has 0 radical (unpaired) electrons. The molecule has 154 valence electrons. The molecule has 0 saturated carbocycles. The average molecular weight is 451 g/mol. The first-order valence-corrected chi connectivity index (χ1v) is 10.6. The van der Waals surface area contributed by atoms with Gasteiger partial charge < -0.3 is 9.52 Å². The molecule has 0 saturated heterocycles. The number of thiazole rings is 1. The van der Waals surface area contributed by atoms with E-state index in [9.17, 15) is 14.7 Å². The Kier molecular flexibility index (Phi) is 4.64. The number of halogens is 1. The summed E-state index contributed by atoms with van der Waals surface area (Å²) in [7, 11) is 0. The van der Waals surface area contributed by atoms with E-state index in [0.29, 0.717) is 15.7 Å². The summed E-state index contributed by atoms with van der Waals surface area (Å²) in [4.78, 5) is 32.3. The summed E-state index contributed by atoms with van der Waals surface area (Å²) >= 11 is 7.37. The molecule has 4 aromatic rings. The van der Waals surface area contributed by atoms with Gasteiger partial charge in [-0.05, 0) is 54.4 Å². The lowest BCUT2D eigenvalue weighted by atomic mass is 9.95. The fraction of sp³-hybridized carbons (Fsp3) is 0.0870. The molecule has 2 aromatic carbocycles. The number of aryl methyl sites for hydroxylation is 1. The van der Waals surface area contributed by atoms with Crippen LogP contribution in [0.4, 0.5) is 5.13 Å². The van der Waals surface area contributed by atoms with E-state index in [1.54, 1.807) is 30.3 Å². The predicted molar refractivity (Wildman–Crippen MR) is 119 cm³/mol. The minimum absolute atomic E-state index is 0.0371. The van der Waals surface area contributed by atoms with Crippen LogP contribution in [0.15, 0.2) is 76.6 Å². The van der Waals surface area contributed by atoms with Crippen LogP contribution in [0.5, 0.6) is 0 Å². The molecule has 1 N–H and O–H groups in total. The Labute approximate surface area is 186 Å². The fourth-order valence-electron chi connectivity index (χ4n) is 3.66. The Morgan fingerprint density at radius 1 is 1.19 bits per heavy atom. The van der Waals surface area contributed by atoms with E-state index in [4.69, 9.17) is 16.0 Å². The largest absolute Gasteiger partial charge is 0.503 e. The van der Waals surface area contributed by atoms with Gasteiger partial charge in [0.15, 0.2) is 16.7 Å². The summed E-state index contributed by atoms with van der Waals surface area (Å²) in [5, 5.41) is 11.6. The minimum atomic E-state index is -0.871. The molecule has 6 nitrogen and oxygen atoms in total. The first kappa shape index (κ1) is 19.5. The first-order chi connectivity index (χ1) is 14.9. The standard InChI is InChI=1S/C23H15ClN2O4S/c1-12-4-9-15-17(11-12)31-23(25-15)26-19(13-5-7-14(24)8-6-13)18(21(28)22(26)29)20(27)16-3-2-10-30-16/h2-11,19,28H,1H3. The topological polar surface area (TPSA) is 83.6 Å². The van der Waals surface area contributed by atoms with Crippen LogP contribution in [0.2, 0.25) is 5.02 Å². The Balaban J connectivity index is 1.68. The maximum atomic E-state index is 13.2. The zero-order valence-corrected chi connectivity index (χ0v) is 17.8. The number of carbonyl (C=O) groups excluding carboxylic acids is 2. The first-order valence-electron chi connectivity index (χ1n) is 9.41. The summed E-state index contributed by atoms with van der Waals surface area (Å²) in [6.07, 6.45) is 1.37. The van der Waals surface area contributed by atoms with Gasteiger partial charge in [0.1, 0.15) is 0 Å². The maximum Gasteiger partial charge on any atom is 0.296 e. The van der Waals surface area contributed by atoms with E-state index in [1.165, 1.54) is 28.6 Å². The molecular weight excluding hydrogens is 436 g/mol. The quantitative estimate of drug-likeness (QED) is 0.407. The molecule has 1 unspecified atom stereocenters. The third-order valence-electron chi connectivity index (χ3n) is 5.12. The van der Waals surface area contributed by atoms with Gasteiger partial charge in [-0.3, -0.25) is 14.5 Å². The highest BCUT2D eigenvalue weighted by Crippen LogP contribution is 2.44. The van der Waals surface area contributed by atoms with Gasteiger partial charge in [0.05, 0.1) is 28.1 Å². The molecule has 2 aromatic heterocycles. The van der Waals surface area contributed by atoms with Gasteiger partial charge >= 0.3 is 0 Å². The highest BCUT2D eigenvalue weighted by Gasteiger charge is 2.46.